The number of rotatable bonds is 6. The van der Waals surface area contributed by atoms with E-state index in [1.54, 1.807) is 0 Å². The molecule has 0 spiro atoms. The molecule has 0 aliphatic heterocycles. The highest BCUT2D eigenvalue weighted by Gasteiger charge is 2.21. The second-order valence-corrected chi connectivity index (χ2v) is 4.66. The third-order valence-electron chi connectivity index (χ3n) is 3.41. The molecule has 1 unspecified atom stereocenters. The summed E-state index contributed by atoms with van der Waals surface area (Å²) in [5, 5.41) is 8.45. The van der Waals surface area contributed by atoms with Gasteiger partial charge in [-0.15, -0.1) is 0 Å². The first kappa shape index (κ1) is 12.3. The van der Waals surface area contributed by atoms with Crippen LogP contribution in [0.2, 0.25) is 0 Å². The standard InChI is InChI=1S/C13H22O2/c1-11-7-6-9-12(11)8-4-2-3-5-10-13(14)15/h2,4,11-12H,3,5-10H2,1H3,(H,14,15)/b4-2-/t11?,12-/m0/s1. The molecule has 0 heterocycles. The quantitative estimate of drug-likeness (QED) is 0.537. The van der Waals surface area contributed by atoms with E-state index in [1.807, 2.05) is 0 Å². The molecule has 0 aromatic heterocycles. The summed E-state index contributed by atoms with van der Waals surface area (Å²) in [5.74, 6) is 1.07. The molecule has 1 aliphatic carbocycles. The van der Waals surface area contributed by atoms with Gasteiger partial charge in [0.2, 0.25) is 0 Å². The predicted octanol–water partition coefficient (Wildman–Crippen LogP) is 3.62. The minimum absolute atomic E-state index is 0.296. The van der Waals surface area contributed by atoms with Crippen molar-refractivity contribution in [3.05, 3.63) is 12.2 Å². The van der Waals surface area contributed by atoms with Crippen LogP contribution in [0.25, 0.3) is 0 Å². The van der Waals surface area contributed by atoms with E-state index in [-0.39, 0.29) is 0 Å². The van der Waals surface area contributed by atoms with Crippen LogP contribution in [0.3, 0.4) is 0 Å². The monoisotopic (exact) mass is 210 g/mol. The van der Waals surface area contributed by atoms with Gasteiger partial charge in [-0.05, 0) is 37.5 Å². The van der Waals surface area contributed by atoms with Gasteiger partial charge in [0.05, 0.1) is 0 Å². The lowest BCUT2D eigenvalue weighted by Gasteiger charge is -2.11. The van der Waals surface area contributed by atoms with Crippen molar-refractivity contribution < 1.29 is 9.90 Å². The van der Waals surface area contributed by atoms with Gasteiger partial charge in [0, 0.05) is 6.42 Å². The van der Waals surface area contributed by atoms with Gasteiger partial charge in [-0.25, -0.2) is 0 Å². The fourth-order valence-corrected chi connectivity index (χ4v) is 2.33. The average Bonchev–Trinajstić information content (AvgIpc) is 2.57. The van der Waals surface area contributed by atoms with E-state index in [4.69, 9.17) is 5.11 Å². The van der Waals surface area contributed by atoms with E-state index >= 15 is 0 Å². The number of carboxylic acid groups (broad SMARTS) is 1. The van der Waals surface area contributed by atoms with Gasteiger partial charge in [-0.2, -0.15) is 0 Å². The van der Waals surface area contributed by atoms with Gasteiger partial charge in [0.25, 0.3) is 0 Å². The number of allylic oxidation sites excluding steroid dienone is 2. The zero-order chi connectivity index (χ0) is 11.1. The molecular formula is C13H22O2. The van der Waals surface area contributed by atoms with Crippen molar-refractivity contribution in [2.75, 3.05) is 0 Å². The largest absolute Gasteiger partial charge is 0.481 e. The molecule has 0 aromatic carbocycles. The summed E-state index contributed by atoms with van der Waals surface area (Å²) in [5.41, 5.74) is 0. The van der Waals surface area contributed by atoms with Gasteiger partial charge in [0.1, 0.15) is 0 Å². The van der Waals surface area contributed by atoms with E-state index < -0.39 is 5.97 Å². The van der Waals surface area contributed by atoms with Gasteiger partial charge in [0.15, 0.2) is 0 Å². The van der Waals surface area contributed by atoms with Crippen molar-refractivity contribution in [1.82, 2.24) is 0 Å². The number of unbranched alkanes of at least 4 members (excludes halogenated alkanes) is 1. The van der Waals surface area contributed by atoms with Gasteiger partial charge in [-0.1, -0.05) is 31.9 Å². The number of carboxylic acids is 1. The highest BCUT2D eigenvalue weighted by Crippen LogP contribution is 2.33. The Bertz CT molecular complexity index is 221. The maximum Gasteiger partial charge on any atom is 0.303 e. The van der Waals surface area contributed by atoms with Crippen molar-refractivity contribution in [2.24, 2.45) is 11.8 Å². The van der Waals surface area contributed by atoms with Crippen LogP contribution in [0.5, 0.6) is 0 Å². The molecule has 0 radical (unpaired) electrons. The molecule has 0 amide bonds. The lowest BCUT2D eigenvalue weighted by atomic mass is 9.94. The second-order valence-electron chi connectivity index (χ2n) is 4.66. The first-order valence-corrected chi connectivity index (χ1v) is 6.07. The van der Waals surface area contributed by atoms with E-state index in [0.29, 0.717) is 6.42 Å². The Hall–Kier alpha value is -0.790. The molecule has 0 bridgehead atoms. The Labute approximate surface area is 92.4 Å². The zero-order valence-electron chi connectivity index (χ0n) is 9.61. The van der Waals surface area contributed by atoms with Crippen molar-refractivity contribution in [3.63, 3.8) is 0 Å². The number of hydrogen-bond donors (Lipinski definition) is 1. The average molecular weight is 210 g/mol. The first-order valence-electron chi connectivity index (χ1n) is 6.07. The van der Waals surface area contributed by atoms with Crippen LogP contribution in [0.4, 0.5) is 0 Å². The summed E-state index contributed by atoms with van der Waals surface area (Å²) in [6.45, 7) is 2.34. The predicted molar refractivity (Wildman–Crippen MR) is 61.7 cm³/mol. The molecule has 2 atom stereocenters. The molecule has 0 aromatic rings. The van der Waals surface area contributed by atoms with Gasteiger partial charge < -0.3 is 5.11 Å². The van der Waals surface area contributed by atoms with Crippen LogP contribution >= 0.6 is 0 Å². The number of aliphatic carboxylic acids is 1. The third-order valence-corrected chi connectivity index (χ3v) is 3.41. The minimum atomic E-state index is -0.687. The van der Waals surface area contributed by atoms with Gasteiger partial charge in [-0.3, -0.25) is 4.79 Å². The molecule has 1 saturated carbocycles. The Balaban J connectivity index is 2.03. The maximum atomic E-state index is 10.3. The smallest absolute Gasteiger partial charge is 0.303 e. The molecule has 1 N–H and O–H groups in total. The van der Waals surface area contributed by atoms with E-state index in [9.17, 15) is 4.79 Å². The highest BCUT2D eigenvalue weighted by atomic mass is 16.4. The SMILES string of the molecule is CC1CCC[C@@H]1C/C=C\CCCC(=O)O. The fraction of sp³-hybridized carbons (Fsp3) is 0.769. The topological polar surface area (TPSA) is 37.3 Å². The summed E-state index contributed by atoms with van der Waals surface area (Å²) in [7, 11) is 0. The molecule has 2 heteroatoms. The molecule has 86 valence electrons. The molecule has 2 nitrogen and oxygen atoms in total. The van der Waals surface area contributed by atoms with Crippen molar-refractivity contribution in [1.29, 1.82) is 0 Å². The summed E-state index contributed by atoms with van der Waals surface area (Å²) < 4.78 is 0. The highest BCUT2D eigenvalue weighted by molar-refractivity contribution is 5.66. The Kier molecular flexibility index (Phi) is 5.44. The van der Waals surface area contributed by atoms with Crippen LogP contribution < -0.4 is 0 Å². The summed E-state index contributed by atoms with van der Waals surface area (Å²) >= 11 is 0. The second kappa shape index (κ2) is 6.65. The van der Waals surface area contributed by atoms with Crippen molar-refractivity contribution in [3.8, 4) is 0 Å². The van der Waals surface area contributed by atoms with E-state index in [2.05, 4.69) is 19.1 Å². The molecule has 0 saturated heterocycles. The number of hydrogen-bond acceptors (Lipinski definition) is 1. The zero-order valence-corrected chi connectivity index (χ0v) is 9.61. The minimum Gasteiger partial charge on any atom is -0.481 e. The molecule has 1 aliphatic rings. The lowest BCUT2D eigenvalue weighted by Crippen LogP contribution is -2.01. The van der Waals surface area contributed by atoms with Crippen molar-refractivity contribution in [2.45, 2.75) is 51.9 Å². The molecule has 1 rings (SSSR count). The molecule has 15 heavy (non-hydrogen) atoms. The molecule has 1 fully saturated rings. The van der Waals surface area contributed by atoms with E-state index in [1.165, 1.54) is 25.7 Å². The fourth-order valence-electron chi connectivity index (χ4n) is 2.33. The first-order chi connectivity index (χ1) is 7.20. The third kappa shape index (κ3) is 5.01. The Morgan fingerprint density at radius 1 is 1.40 bits per heavy atom. The molecular weight excluding hydrogens is 188 g/mol. The summed E-state index contributed by atoms with van der Waals surface area (Å²) in [6, 6.07) is 0. The Morgan fingerprint density at radius 2 is 2.20 bits per heavy atom. The lowest BCUT2D eigenvalue weighted by molar-refractivity contribution is -0.137. The Morgan fingerprint density at radius 3 is 2.80 bits per heavy atom. The maximum absolute atomic E-state index is 10.3. The summed E-state index contributed by atoms with van der Waals surface area (Å²) in [6.07, 6.45) is 11.7. The van der Waals surface area contributed by atoms with Crippen LogP contribution in [0.15, 0.2) is 12.2 Å². The summed E-state index contributed by atoms with van der Waals surface area (Å²) in [4.78, 5) is 10.3. The van der Waals surface area contributed by atoms with Crippen LogP contribution in [0, 0.1) is 11.8 Å². The van der Waals surface area contributed by atoms with Crippen LogP contribution in [0.1, 0.15) is 51.9 Å². The van der Waals surface area contributed by atoms with Crippen molar-refractivity contribution >= 4 is 5.97 Å². The normalized spacial score (nSPS) is 26.2. The number of carbonyl (C=O) groups is 1. The van der Waals surface area contributed by atoms with Crippen LogP contribution in [-0.4, -0.2) is 11.1 Å². The van der Waals surface area contributed by atoms with Gasteiger partial charge >= 0.3 is 5.97 Å². The van der Waals surface area contributed by atoms with Crippen LogP contribution in [-0.2, 0) is 4.79 Å². The van der Waals surface area contributed by atoms with E-state index in [0.717, 1.165) is 24.7 Å².